The van der Waals surface area contributed by atoms with Gasteiger partial charge in [0.15, 0.2) is 0 Å². The summed E-state index contributed by atoms with van der Waals surface area (Å²) in [5.74, 6) is 1.15. The van der Waals surface area contributed by atoms with Crippen LogP contribution in [0.1, 0.15) is 22.7 Å². The zero-order valence-electron chi connectivity index (χ0n) is 12.1. The molecule has 2 aromatic carbocycles. The van der Waals surface area contributed by atoms with Crippen molar-refractivity contribution in [1.82, 2.24) is 5.32 Å². The van der Waals surface area contributed by atoms with Crippen molar-refractivity contribution in [2.45, 2.75) is 18.9 Å². The van der Waals surface area contributed by atoms with Gasteiger partial charge in [-0.3, -0.25) is 0 Å². The molecule has 2 N–H and O–H groups in total. The van der Waals surface area contributed by atoms with E-state index in [9.17, 15) is 5.11 Å². The fourth-order valence-electron chi connectivity index (χ4n) is 2.93. The van der Waals surface area contributed by atoms with E-state index in [2.05, 4.69) is 17.4 Å². The first-order valence-electron chi connectivity index (χ1n) is 7.15. The summed E-state index contributed by atoms with van der Waals surface area (Å²) >= 11 is 0. The van der Waals surface area contributed by atoms with Crippen molar-refractivity contribution in [3.8, 4) is 11.5 Å². The molecule has 2 aromatic rings. The number of benzene rings is 2. The Morgan fingerprint density at radius 2 is 2.14 bits per heavy atom. The lowest BCUT2D eigenvalue weighted by Gasteiger charge is -2.28. The van der Waals surface area contributed by atoms with Crippen LogP contribution < -0.4 is 15.5 Å². The van der Waals surface area contributed by atoms with Crippen LogP contribution >= 0.6 is 0 Å². The molecule has 3 rings (SSSR count). The average Bonchev–Trinajstić information content (AvgIpc) is 2.50. The Hall–Kier alpha value is -1.94. The van der Waals surface area contributed by atoms with Crippen molar-refractivity contribution in [3.05, 3.63) is 53.1 Å². The highest BCUT2D eigenvalue weighted by Crippen LogP contribution is 2.29. The van der Waals surface area contributed by atoms with Crippen LogP contribution in [-0.2, 0) is 12.8 Å². The molecule has 0 saturated carbocycles. The molecule has 2 radical (unpaired) electrons. The highest BCUT2D eigenvalue weighted by molar-refractivity contribution is 6.33. The van der Waals surface area contributed by atoms with E-state index in [1.54, 1.807) is 25.3 Å². The molecule has 3 nitrogen and oxygen atoms in total. The van der Waals surface area contributed by atoms with Gasteiger partial charge in [0.25, 0.3) is 0 Å². The number of nitrogens with one attached hydrogen (secondary N) is 1. The lowest BCUT2D eigenvalue weighted by molar-refractivity contribution is 0.412. The number of hydrogen-bond donors (Lipinski definition) is 2. The van der Waals surface area contributed by atoms with Crippen LogP contribution in [0.3, 0.4) is 0 Å². The molecule has 4 heteroatoms. The predicted molar refractivity (Wildman–Crippen MR) is 84.6 cm³/mol. The van der Waals surface area contributed by atoms with Gasteiger partial charge in [0, 0.05) is 6.04 Å². The number of hydrogen-bond acceptors (Lipinski definition) is 3. The zero-order valence-corrected chi connectivity index (χ0v) is 12.1. The van der Waals surface area contributed by atoms with Crippen LogP contribution in [0.5, 0.6) is 11.5 Å². The Morgan fingerprint density at radius 1 is 1.29 bits per heavy atom. The van der Waals surface area contributed by atoms with E-state index in [1.165, 1.54) is 11.1 Å². The van der Waals surface area contributed by atoms with E-state index in [0.717, 1.165) is 36.2 Å². The van der Waals surface area contributed by atoms with Crippen LogP contribution in [0.25, 0.3) is 0 Å². The van der Waals surface area contributed by atoms with Gasteiger partial charge in [0.05, 0.1) is 7.11 Å². The molecule has 1 atom stereocenters. The predicted octanol–water partition coefficient (Wildman–Crippen LogP) is 1.62. The third kappa shape index (κ3) is 2.90. The quantitative estimate of drug-likeness (QED) is 0.839. The fraction of sp³-hybridized carbons (Fsp3) is 0.294. The molecule has 1 unspecified atom stereocenters. The van der Waals surface area contributed by atoms with Crippen LogP contribution in [0.2, 0.25) is 0 Å². The molecule has 1 aliphatic heterocycles. The summed E-state index contributed by atoms with van der Waals surface area (Å²) in [5, 5.41) is 13.2. The second kappa shape index (κ2) is 5.82. The van der Waals surface area contributed by atoms with E-state index in [1.807, 2.05) is 6.07 Å². The smallest absolute Gasteiger partial charge is 0.119 e. The molecule has 1 aliphatic rings. The Balaban J connectivity index is 1.90. The van der Waals surface area contributed by atoms with Gasteiger partial charge in [0.1, 0.15) is 19.3 Å². The Bertz CT molecular complexity index is 657. The molecular weight excluding hydrogens is 261 g/mol. The van der Waals surface area contributed by atoms with E-state index < -0.39 is 0 Å². The molecule has 21 heavy (non-hydrogen) atoms. The Morgan fingerprint density at radius 3 is 2.95 bits per heavy atom. The van der Waals surface area contributed by atoms with Crippen LogP contribution in [0.15, 0.2) is 36.4 Å². The largest absolute Gasteiger partial charge is 0.508 e. The van der Waals surface area contributed by atoms with Crippen LogP contribution in [-0.4, -0.2) is 26.6 Å². The maximum absolute atomic E-state index is 9.64. The highest BCUT2D eigenvalue weighted by Gasteiger charge is 2.21. The van der Waals surface area contributed by atoms with Crippen molar-refractivity contribution in [3.63, 3.8) is 0 Å². The van der Waals surface area contributed by atoms with Crippen molar-refractivity contribution >= 4 is 13.3 Å². The topological polar surface area (TPSA) is 41.5 Å². The summed E-state index contributed by atoms with van der Waals surface area (Å²) in [6.45, 7) is 0.934. The minimum atomic E-state index is 0.212. The molecule has 0 spiro atoms. The average molecular weight is 279 g/mol. The lowest BCUT2D eigenvalue weighted by Crippen LogP contribution is -2.32. The van der Waals surface area contributed by atoms with Crippen LogP contribution in [0, 0.1) is 0 Å². The van der Waals surface area contributed by atoms with Crippen molar-refractivity contribution in [1.29, 1.82) is 0 Å². The molecule has 0 aromatic heterocycles. The normalized spacial score (nSPS) is 17.3. The van der Waals surface area contributed by atoms with Crippen molar-refractivity contribution in [2.75, 3.05) is 13.7 Å². The number of ether oxygens (including phenoxy) is 1. The van der Waals surface area contributed by atoms with E-state index in [-0.39, 0.29) is 11.8 Å². The monoisotopic (exact) mass is 279 g/mol. The molecule has 0 amide bonds. The maximum atomic E-state index is 9.64. The fourth-order valence-corrected chi connectivity index (χ4v) is 2.93. The van der Waals surface area contributed by atoms with Gasteiger partial charge in [-0.15, -0.1) is 0 Å². The summed E-state index contributed by atoms with van der Waals surface area (Å²) in [4.78, 5) is 0. The second-order valence-electron chi connectivity index (χ2n) is 5.41. The summed E-state index contributed by atoms with van der Waals surface area (Å²) in [5.41, 5.74) is 4.29. The first kappa shape index (κ1) is 14.0. The Labute approximate surface area is 126 Å². The van der Waals surface area contributed by atoms with Crippen LogP contribution in [0.4, 0.5) is 0 Å². The molecule has 106 valence electrons. The molecule has 0 saturated heterocycles. The van der Waals surface area contributed by atoms with E-state index in [4.69, 9.17) is 12.6 Å². The van der Waals surface area contributed by atoms with E-state index in [0.29, 0.717) is 0 Å². The first-order valence-corrected chi connectivity index (χ1v) is 7.15. The van der Waals surface area contributed by atoms with Gasteiger partial charge in [-0.2, -0.15) is 0 Å². The maximum Gasteiger partial charge on any atom is 0.119 e. The van der Waals surface area contributed by atoms with Crippen molar-refractivity contribution in [2.24, 2.45) is 0 Å². The molecule has 0 fully saturated rings. The standard InChI is InChI=1S/C17H18BNO2/c1-21-14-3-4-15-11(9-14)6-7-19-17(15)10-12-8-13(20)2-5-16(12)18/h2-5,8-9,17,19-20H,6-7,10H2,1H3. The summed E-state index contributed by atoms with van der Waals surface area (Å²) < 4.78 is 5.30. The lowest BCUT2D eigenvalue weighted by atomic mass is 9.84. The second-order valence-corrected chi connectivity index (χ2v) is 5.41. The minimum Gasteiger partial charge on any atom is -0.508 e. The van der Waals surface area contributed by atoms with Gasteiger partial charge in [-0.25, -0.2) is 0 Å². The zero-order chi connectivity index (χ0) is 14.8. The van der Waals surface area contributed by atoms with Gasteiger partial charge >= 0.3 is 0 Å². The third-order valence-electron chi connectivity index (χ3n) is 4.06. The number of phenols is 1. The van der Waals surface area contributed by atoms with Gasteiger partial charge < -0.3 is 15.2 Å². The molecular formula is C17H18BNO2. The third-order valence-corrected chi connectivity index (χ3v) is 4.06. The number of methoxy groups -OCH3 is 1. The summed E-state index contributed by atoms with van der Waals surface area (Å²) in [7, 11) is 7.70. The highest BCUT2D eigenvalue weighted by atomic mass is 16.5. The minimum absolute atomic E-state index is 0.212. The number of aromatic hydroxyl groups is 1. The Kier molecular flexibility index (Phi) is 3.89. The number of phenolic OH excluding ortho intramolecular Hbond substituents is 1. The molecule has 0 bridgehead atoms. The SMILES string of the molecule is [B]c1ccc(O)cc1CC1NCCc2cc(OC)ccc21. The van der Waals surface area contributed by atoms with Gasteiger partial charge in [-0.1, -0.05) is 17.6 Å². The van der Waals surface area contributed by atoms with Crippen molar-refractivity contribution < 1.29 is 9.84 Å². The summed E-state index contributed by atoms with van der Waals surface area (Å²) in [6.07, 6.45) is 1.76. The molecule has 1 heterocycles. The van der Waals surface area contributed by atoms with Gasteiger partial charge in [0.2, 0.25) is 0 Å². The van der Waals surface area contributed by atoms with E-state index >= 15 is 0 Å². The number of fused-ring (bicyclic) bond motifs is 1. The van der Waals surface area contributed by atoms with Gasteiger partial charge in [-0.05, 0) is 60.3 Å². The summed E-state index contributed by atoms with van der Waals surface area (Å²) in [6, 6.07) is 11.5. The first-order chi connectivity index (χ1) is 10.2. The number of rotatable bonds is 3. The molecule has 0 aliphatic carbocycles.